The molecular formula is C22H29N7. The van der Waals surface area contributed by atoms with Crippen molar-refractivity contribution in [3.63, 3.8) is 0 Å². The summed E-state index contributed by atoms with van der Waals surface area (Å²) in [4.78, 5) is 11.1. The summed E-state index contributed by atoms with van der Waals surface area (Å²) in [5.74, 6) is 1.85. The summed E-state index contributed by atoms with van der Waals surface area (Å²) in [7, 11) is 1.88. The minimum absolute atomic E-state index is 0.444. The van der Waals surface area contributed by atoms with Gasteiger partial charge >= 0.3 is 0 Å². The van der Waals surface area contributed by atoms with Gasteiger partial charge in [-0.15, -0.1) is 0 Å². The summed E-state index contributed by atoms with van der Waals surface area (Å²) < 4.78 is 2.04. The average Bonchev–Trinajstić information content (AvgIpc) is 3.34. The van der Waals surface area contributed by atoms with Crippen LogP contribution < -0.4 is 15.5 Å². The molecule has 1 aliphatic rings. The molecule has 7 heteroatoms. The molecule has 0 aliphatic carbocycles. The molecule has 0 radical (unpaired) electrons. The van der Waals surface area contributed by atoms with Crippen LogP contribution in [0.5, 0.6) is 0 Å². The van der Waals surface area contributed by atoms with Crippen molar-refractivity contribution in [1.82, 2.24) is 25.1 Å². The fourth-order valence-electron chi connectivity index (χ4n) is 4.11. The van der Waals surface area contributed by atoms with Gasteiger partial charge in [-0.25, -0.2) is 14.6 Å². The normalized spacial score (nSPS) is 16.4. The van der Waals surface area contributed by atoms with Crippen molar-refractivity contribution >= 4 is 11.6 Å². The molecule has 2 aromatic heterocycles. The van der Waals surface area contributed by atoms with E-state index in [9.17, 15) is 0 Å². The zero-order chi connectivity index (χ0) is 20.2. The lowest BCUT2D eigenvalue weighted by molar-refractivity contribution is 0.569. The highest BCUT2D eigenvalue weighted by atomic mass is 15.3. The van der Waals surface area contributed by atoms with Crippen molar-refractivity contribution in [3.05, 3.63) is 59.7 Å². The first-order valence-electron chi connectivity index (χ1n) is 10.2. The van der Waals surface area contributed by atoms with Gasteiger partial charge in [-0.1, -0.05) is 18.2 Å². The lowest BCUT2D eigenvalue weighted by Crippen LogP contribution is -2.38. The third-order valence-electron chi connectivity index (χ3n) is 5.70. The number of hydrogen-bond donors (Lipinski definition) is 2. The molecule has 2 N–H and O–H groups in total. The predicted octanol–water partition coefficient (Wildman–Crippen LogP) is 3.08. The van der Waals surface area contributed by atoms with Gasteiger partial charge in [-0.05, 0) is 38.8 Å². The van der Waals surface area contributed by atoms with E-state index < -0.39 is 0 Å². The molecule has 3 aromatic rings. The van der Waals surface area contributed by atoms with Crippen molar-refractivity contribution in [1.29, 1.82) is 0 Å². The first kappa shape index (κ1) is 19.4. The second-order valence-electron chi connectivity index (χ2n) is 7.53. The summed E-state index contributed by atoms with van der Waals surface area (Å²) in [6.45, 7) is 7.02. The second kappa shape index (κ2) is 8.61. The molecule has 0 bridgehead atoms. The number of nitrogens with one attached hydrogen (secondary N) is 2. The van der Waals surface area contributed by atoms with Gasteiger partial charge in [-0.2, -0.15) is 5.10 Å². The van der Waals surface area contributed by atoms with Crippen molar-refractivity contribution in [2.75, 3.05) is 30.4 Å². The van der Waals surface area contributed by atoms with E-state index >= 15 is 0 Å². The van der Waals surface area contributed by atoms with Crippen molar-refractivity contribution in [3.8, 4) is 5.69 Å². The van der Waals surface area contributed by atoms with Crippen LogP contribution in [0.1, 0.15) is 29.8 Å². The van der Waals surface area contributed by atoms with Gasteiger partial charge in [0.05, 0.1) is 11.4 Å². The standard InChI is InChI=1S/C22H29N7/c1-16-20(17(2)29(27-16)18-8-5-4-6-9-18)14-24-13-19-10-7-11-28(19)22-12-21(23-3)25-15-26-22/h4-6,8-9,12,15,19,24H,7,10-11,13-14H2,1-3H3,(H,23,25,26). The second-order valence-corrected chi connectivity index (χ2v) is 7.53. The zero-order valence-electron chi connectivity index (χ0n) is 17.4. The Morgan fingerprint density at radius 1 is 1.14 bits per heavy atom. The molecule has 1 unspecified atom stereocenters. The molecule has 0 amide bonds. The Morgan fingerprint density at radius 3 is 2.76 bits per heavy atom. The van der Waals surface area contributed by atoms with E-state index in [4.69, 9.17) is 5.10 Å². The molecular weight excluding hydrogens is 362 g/mol. The Morgan fingerprint density at radius 2 is 1.97 bits per heavy atom. The monoisotopic (exact) mass is 391 g/mol. The number of hydrogen-bond acceptors (Lipinski definition) is 6. The highest BCUT2D eigenvalue weighted by Gasteiger charge is 2.26. The van der Waals surface area contributed by atoms with Crippen LogP contribution in [0.4, 0.5) is 11.6 Å². The molecule has 152 valence electrons. The Hall–Kier alpha value is -2.93. The van der Waals surface area contributed by atoms with Crippen LogP contribution in [0, 0.1) is 13.8 Å². The number of nitrogens with zero attached hydrogens (tertiary/aromatic N) is 5. The molecule has 0 saturated carbocycles. The smallest absolute Gasteiger partial charge is 0.134 e. The molecule has 0 spiro atoms. The van der Waals surface area contributed by atoms with E-state index in [1.165, 1.54) is 24.1 Å². The minimum atomic E-state index is 0.444. The van der Waals surface area contributed by atoms with Crippen LogP contribution in [0.25, 0.3) is 5.69 Å². The first-order valence-corrected chi connectivity index (χ1v) is 10.2. The lowest BCUT2D eigenvalue weighted by Gasteiger charge is -2.26. The molecule has 4 rings (SSSR count). The van der Waals surface area contributed by atoms with Gasteiger partial charge in [0.2, 0.25) is 0 Å². The lowest BCUT2D eigenvalue weighted by atomic mass is 10.1. The topological polar surface area (TPSA) is 70.9 Å². The van der Waals surface area contributed by atoms with E-state index in [2.05, 4.69) is 51.5 Å². The van der Waals surface area contributed by atoms with E-state index in [1.807, 2.05) is 36.0 Å². The van der Waals surface area contributed by atoms with E-state index in [0.717, 1.165) is 42.7 Å². The van der Waals surface area contributed by atoms with Crippen LogP contribution in [0.2, 0.25) is 0 Å². The Bertz CT molecular complexity index is 951. The maximum atomic E-state index is 4.75. The summed E-state index contributed by atoms with van der Waals surface area (Å²) in [6, 6.07) is 12.8. The summed E-state index contributed by atoms with van der Waals surface area (Å²) in [6.07, 6.45) is 4.00. The van der Waals surface area contributed by atoms with Crippen molar-refractivity contribution in [2.24, 2.45) is 0 Å². The first-order chi connectivity index (χ1) is 14.2. The molecule has 1 fully saturated rings. The minimum Gasteiger partial charge on any atom is -0.373 e. The number of aromatic nitrogens is 4. The number of anilines is 2. The highest BCUT2D eigenvalue weighted by molar-refractivity contribution is 5.49. The maximum absolute atomic E-state index is 4.75. The largest absolute Gasteiger partial charge is 0.373 e. The summed E-state index contributed by atoms with van der Waals surface area (Å²) in [5, 5.41) is 11.5. The number of para-hydroxylation sites is 1. The van der Waals surface area contributed by atoms with Gasteiger partial charge < -0.3 is 15.5 Å². The number of benzene rings is 1. The number of aryl methyl sites for hydroxylation is 1. The Kier molecular flexibility index (Phi) is 5.76. The van der Waals surface area contributed by atoms with Crippen LogP contribution in [0.3, 0.4) is 0 Å². The highest BCUT2D eigenvalue weighted by Crippen LogP contribution is 2.25. The molecule has 1 saturated heterocycles. The number of rotatable bonds is 7. The third-order valence-corrected chi connectivity index (χ3v) is 5.70. The van der Waals surface area contributed by atoms with Crippen molar-refractivity contribution < 1.29 is 0 Å². The Labute approximate surface area is 172 Å². The fourth-order valence-corrected chi connectivity index (χ4v) is 4.11. The fraction of sp³-hybridized carbons (Fsp3) is 0.409. The van der Waals surface area contributed by atoms with Crippen LogP contribution in [-0.2, 0) is 6.54 Å². The molecule has 7 nitrogen and oxygen atoms in total. The molecule has 29 heavy (non-hydrogen) atoms. The quantitative estimate of drug-likeness (QED) is 0.645. The summed E-state index contributed by atoms with van der Waals surface area (Å²) in [5.41, 5.74) is 4.65. The molecule has 1 atom stereocenters. The third kappa shape index (κ3) is 4.10. The average molecular weight is 392 g/mol. The van der Waals surface area contributed by atoms with Gasteiger partial charge in [0.15, 0.2) is 0 Å². The van der Waals surface area contributed by atoms with Crippen LogP contribution >= 0.6 is 0 Å². The molecule has 3 heterocycles. The van der Waals surface area contributed by atoms with Gasteiger partial charge in [-0.3, -0.25) is 0 Å². The van der Waals surface area contributed by atoms with Gasteiger partial charge in [0, 0.05) is 50.0 Å². The molecule has 1 aliphatic heterocycles. The maximum Gasteiger partial charge on any atom is 0.134 e. The summed E-state index contributed by atoms with van der Waals surface area (Å²) >= 11 is 0. The Balaban J connectivity index is 1.42. The molecule has 1 aromatic carbocycles. The van der Waals surface area contributed by atoms with E-state index in [1.54, 1.807) is 6.33 Å². The van der Waals surface area contributed by atoms with Gasteiger partial charge in [0.1, 0.15) is 18.0 Å². The SMILES string of the molecule is CNc1cc(N2CCCC2CNCc2c(C)nn(-c3ccccc3)c2C)ncn1. The van der Waals surface area contributed by atoms with Gasteiger partial charge in [0.25, 0.3) is 0 Å². The van der Waals surface area contributed by atoms with E-state index in [-0.39, 0.29) is 0 Å². The van der Waals surface area contributed by atoms with Crippen LogP contribution in [0.15, 0.2) is 42.7 Å². The van der Waals surface area contributed by atoms with Crippen LogP contribution in [-0.4, -0.2) is 45.9 Å². The zero-order valence-corrected chi connectivity index (χ0v) is 17.4. The predicted molar refractivity (Wildman–Crippen MR) is 117 cm³/mol. The van der Waals surface area contributed by atoms with E-state index in [0.29, 0.717) is 6.04 Å². The van der Waals surface area contributed by atoms with Crippen molar-refractivity contribution in [2.45, 2.75) is 39.3 Å².